The highest BCUT2D eigenvalue weighted by molar-refractivity contribution is 5.92. The topological polar surface area (TPSA) is 113 Å². The SMILES string of the molecule is CC(C)(O)c1nc(C(F)F)c(C(=O)N2CCc3nc[nH]c3C2)o1.FC(F)(F)c1cccc2ccnn12. The van der Waals surface area contributed by atoms with Gasteiger partial charge in [-0.3, -0.25) is 4.79 Å². The predicted octanol–water partition coefficient (Wildman–Crippen LogP) is 4.11. The molecule has 4 aromatic rings. The molecule has 0 saturated carbocycles. The van der Waals surface area contributed by atoms with Crippen molar-refractivity contribution in [2.24, 2.45) is 0 Å². The number of nitrogens with one attached hydrogen (secondary N) is 1. The molecule has 36 heavy (non-hydrogen) atoms. The number of aromatic nitrogens is 5. The van der Waals surface area contributed by atoms with Crippen molar-refractivity contribution >= 4 is 11.4 Å². The molecule has 0 atom stereocenters. The van der Waals surface area contributed by atoms with Gasteiger partial charge in [0.1, 0.15) is 11.3 Å². The first-order valence-corrected chi connectivity index (χ1v) is 10.7. The van der Waals surface area contributed by atoms with Gasteiger partial charge in [-0.15, -0.1) is 0 Å². The maximum atomic E-state index is 13.2. The highest BCUT2D eigenvalue weighted by Crippen LogP contribution is 2.30. The summed E-state index contributed by atoms with van der Waals surface area (Å²) in [4.78, 5) is 24.6. The Hall–Kier alpha value is -3.81. The number of aromatic amines is 1. The van der Waals surface area contributed by atoms with Gasteiger partial charge in [0.05, 0.1) is 29.8 Å². The number of pyridine rings is 1. The first-order chi connectivity index (χ1) is 16.9. The molecule has 1 amide bonds. The molecular weight excluding hydrogens is 491 g/mol. The van der Waals surface area contributed by atoms with Gasteiger partial charge in [0, 0.05) is 19.2 Å². The Morgan fingerprint density at radius 1 is 1.22 bits per heavy atom. The molecule has 4 aromatic heterocycles. The molecular formula is C22H21F5N6O3. The molecule has 0 fully saturated rings. The summed E-state index contributed by atoms with van der Waals surface area (Å²) in [6.45, 7) is 3.27. The van der Waals surface area contributed by atoms with Crippen LogP contribution in [-0.2, 0) is 24.7 Å². The van der Waals surface area contributed by atoms with Crippen LogP contribution in [0.2, 0.25) is 0 Å². The second-order valence-electron chi connectivity index (χ2n) is 8.47. The summed E-state index contributed by atoms with van der Waals surface area (Å²) < 4.78 is 69.4. The van der Waals surface area contributed by atoms with Crippen molar-refractivity contribution in [2.75, 3.05) is 6.54 Å². The molecule has 14 heteroatoms. The van der Waals surface area contributed by atoms with E-state index in [0.717, 1.165) is 22.0 Å². The summed E-state index contributed by atoms with van der Waals surface area (Å²) in [5.74, 6) is -1.51. The lowest BCUT2D eigenvalue weighted by atomic mass is 10.1. The van der Waals surface area contributed by atoms with Crippen LogP contribution >= 0.6 is 0 Å². The van der Waals surface area contributed by atoms with Crippen molar-refractivity contribution in [3.05, 3.63) is 71.2 Å². The van der Waals surface area contributed by atoms with Gasteiger partial charge in [0.25, 0.3) is 12.3 Å². The van der Waals surface area contributed by atoms with Gasteiger partial charge in [0.15, 0.2) is 5.69 Å². The maximum Gasteiger partial charge on any atom is 0.433 e. The normalized spacial score (nSPS) is 14.1. The van der Waals surface area contributed by atoms with Gasteiger partial charge in [-0.05, 0) is 32.0 Å². The zero-order valence-corrected chi connectivity index (χ0v) is 19.1. The van der Waals surface area contributed by atoms with Crippen LogP contribution in [0.5, 0.6) is 0 Å². The van der Waals surface area contributed by atoms with Crippen LogP contribution in [0.1, 0.15) is 59.5 Å². The number of fused-ring (bicyclic) bond motifs is 2. The van der Waals surface area contributed by atoms with Crippen LogP contribution in [0.3, 0.4) is 0 Å². The van der Waals surface area contributed by atoms with E-state index in [2.05, 4.69) is 20.1 Å². The van der Waals surface area contributed by atoms with E-state index in [1.165, 1.54) is 43.4 Å². The summed E-state index contributed by atoms with van der Waals surface area (Å²) in [6, 6.07) is 5.46. The van der Waals surface area contributed by atoms with Gasteiger partial charge in [-0.2, -0.15) is 18.3 Å². The Morgan fingerprint density at radius 3 is 2.64 bits per heavy atom. The molecule has 2 N–H and O–H groups in total. The van der Waals surface area contributed by atoms with Gasteiger partial charge in [0.2, 0.25) is 11.7 Å². The van der Waals surface area contributed by atoms with Gasteiger partial charge < -0.3 is 19.4 Å². The highest BCUT2D eigenvalue weighted by Gasteiger charge is 2.35. The molecule has 1 aliphatic rings. The molecule has 0 aliphatic carbocycles. The Labute approximate surface area is 200 Å². The van der Waals surface area contributed by atoms with Crippen LogP contribution < -0.4 is 0 Å². The number of amides is 1. The van der Waals surface area contributed by atoms with Crippen molar-refractivity contribution in [1.29, 1.82) is 0 Å². The number of carbonyl (C=O) groups excluding carboxylic acids is 1. The van der Waals surface area contributed by atoms with Crippen LogP contribution in [0, 0.1) is 0 Å². The molecule has 0 spiro atoms. The highest BCUT2D eigenvalue weighted by atomic mass is 19.4. The van der Waals surface area contributed by atoms with Crippen LogP contribution in [0.4, 0.5) is 22.0 Å². The number of alkyl halides is 5. The summed E-state index contributed by atoms with van der Waals surface area (Å²) in [5.41, 5.74) is -0.990. The fourth-order valence-electron chi connectivity index (χ4n) is 3.59. The molecule has 0 unspecified atom stereocenters. The van der Waals surface area contributed by atoms with Gasteiger partial charge >= 0.3 is 6.18 Å². The van der Waals surface area contributed by atoms with E-state index in [9.17, 15) is 31.9 Å². The maximum absolute atomic E-state index is 13.2. The molecule has 192 valence electrons. The second-order valence-corrected chi connectivity index (χ2v) is 8.47. The first kappa shape index (κ1) is 25.3. The fraction of sp³-hybridized carbons (Fsp3) is 0.364. The average molecular weight is 512 g/mol. The summed E-state index contributed by atoms with van der Waals surface area (Å²) in [7, 11) is 0. The van der Waals surface area contributed by atoms with Crippen LogP contribution in [0.15, 0.2) is 41.2 Å². The van der Waals surface area contributed by atoms with Crippen molar-refractivity contribution in [3.63, 3.8) is 0 Å². The Bertz CT molecular complexity index is 1370. The average Bonchev–Trinajstić information content (AvgIpc) is 3.56. The lowest BCUT2D eigenvalue weighted by Crippen LogP contribution is -2.36. The molecule has 9 nitrogen and oxygen atoms in total. The van der Waals surface area contributed by atoms with E-state index in [-0.39, 0.29) is 12.4 Å². The zero-order chi connectivity index (χ0) is 26.3. The lowest BCUT2D eigenvalue weighted by Gasteiger charge is -2.25. The quantitative estimate of drug-likeness (QED) is 0.400. The number of nitrogens with zero attached hydrogens (tertiary/aromatic N) is 5. The van der Waals surface area contributed by atoms with Crippen molar-refractivity contribution in [3.8, 4) is 0 Å². The second kappa shape index (κ2) is 9.33. The Balaban J connectivity index is 0.000000197. The number of oxazole rings is 1. The summed E-state index contributed by atoms with van der Waals surface area (Å²) in [5, 5.41) is 13.4. The van der Waals surface area contributed by atoms with E-state index < -0.39 is 41.3 Å². The number of halogens is 5. The molecule has 5 heterocycles. The summed E-state index contributed by atoms with van der Waals surface area (Å²) in [6.07, 6.45) is -3.93. The molecule has 0 saturated heterocycles. The minimum atomic E-state index is -4.36. The monoisotopic (exact) mass is 512 g/mol. The van der Waals surface area contributed by atoms with Gasteiger partial charge in [-0.25, -0.2) is 23.3 Å². The third kappa shape index (κ3) is 5.08. The minimum Gasteiger partial charge on any atom is -0.432 e. The van der Waals surface area contributed by atoms with Gasteiger partial charge in [-0.1, -0.05) is 6.07 Å². The Morgan fingerprint density at radius 2 is 1.97 bits per heavy atom. The standard InChI is InChI=1S/C14H16F2N4O3.C8H5F3N2/c1-14(2,22)13-19-9(11(15)16)10(23-13)12(21)20-4-3-7-8(5-20)18-6-17-7;9-8(10,11)7-3-1-2-6-4-5-12-13(6)7/h6,11,22H,3-5H2,1-2H3,(H,17,18);1-5H. The lowest BCUT2D eigenvalue weighted by molar-refractivity contribution is -0.142. The van der Waals surface area contributed by atoms with E-state index in [1.54, 1.807) is 6.07 Å². The molecule has 0 bridgehead atoms. The van der Waals surface area contributed by atoms with E-state index in [0.29, 0.717) is 18.5 Å². The molecule has 0 radical (unpaired) electrons. The van der Waals surface area contributed by atoms with Crippen molar-refractivity contribution < 1.29 is 36.3 Å². The number of carbonyl (C=O) groups is 1. The third-order valence-corrected chi connectivity index (χ3v) is 5.35. The number of hydrogen-bond donors (Lipinski definition) is 2. The molecule has 0 aromatic carbocycles. The predicted molar refractivity (Wildman–Crippen MR) is 114 cm³/mol. The fourth-order valence-corrected chi connectivity index (χ4v) is 3.59. The van der Waals surface area contributed by atoms with Crippen molar-refractivity contribution in [1.82, 2.24) is 29.5 Å². The van der Waals surface area contributed by atoms with E-state index in [1.807, 2.05) is 0 Å². The third-order valence-electron chi connectivity index (χ3n) is 5.35. The number of aliphatic hydroxyl groups is 1. The Kier molecular flexibility index (Phi) is 6.56. The number of H-pyrrole nitrogens is 1. The smallest absolute Gasteiger partial charge is 0.432 e. The van der Waals surface area contributed by atoms with E-state index >= 15 is 0 Å². The molecule has 5 rings (SSSR count). The largest absolute Gasteiger partial charge is 0.433 e. The van der Waals surface area contributed by atoms with E-state index in [4.69, 9.17) is 4.42 Å². The zero-order valence-electron chi connectivity index (χ0n) is 19.1. The number of imidazole rings is 1. The first-order valence-electron chi connectivity index (χ1n) is 10.7. The minimum absolute atomic E-state index is 0.232. The number of rotatable bonds is 3. The number of hydrogen-bond acceptors (Lipinski definition) is 6. The summed E-state index contributed by atoms with van der Waals surface area (Å²) >= 11 is 0. The molecule has 1 aliphatic heterocycles. The van der Waals surface area contributed by atoms with Crippen LogP contribution in [-0.4, -0.2) is 47.0 Å². The van der Waals surface area contributed by atoms with Crippen LogP contribution in [0.25, 0.3) is 5.52 Å². The van der Waals surface area contributed by atoms with Crippen molar-refractivity contribution in [2.45, 2.75) is 45.0 Å².